The number of halogens is 1. The van der Waals surface area contributed by atoms with Crippen molar-refractivity contribution in [2.45, 2.75) is 13.3 Å². The maximum atomic E-state index is 12.1. The maximum Gasteiger partial charge on any atom is 0.171 e. The van der Waals surface area contributed by atoms with Crippen LogP contribution < -0.4 is 4.74 Å². The van der Waals surface area contributed by atoms with Gasteiger partial charge in [-0.1, -0.05) is 24.6 Å². The molecule has 1 aromatic carbocycles. The molecule has 2 rings (SSSR count). The summed E-state index contributed by atoms with van der Waals surface area (Å²) in [4.78, 5) is 12.1. The molecule has 0 aliphatic heterocycles. The van der Waals surface area contributed by atoms with Crippen LogP contribution >= 0.6 is 11.6 Å². The van der Waals surface area contributed by atoms with Gasteiger partial charge in [-0.25, -0.2) is 0 Å². The number of carbonyl (C=O) groups excluding carboxylic acids is 1. The zero-order chi connectivity index (χ0) is 11.0. The molecule has 0 radical (unpaired) electrons. The molecular formula is C12H13ClO2. The van der Waals surface area contributed by atoms with Crippen molar-refractivity contribution in [2.75, 3.05) is 7.11 Å². The van der Waals surface area contributed by atoms with Gasteiger partial charge < -0.3 is 4.74 Å². The summed E-state index contributed by atoms with van der Waals surface area (Å²) in [7, 11) is 1.55. The zero-order valence-corrected chi connectivity index (χ0v) is 9.54. The number of benzene rings is 1. The highest BCUT2D eigenvalue weighted by Gasteiger charge is 2.41. The summed E-state index contributed by atoms with van der Waals surface area (Å²) >= 11 is 6.02. The number of Topliss-reactive ketones (excluding diaryl/α,β-unsaturated/α-hetero) is 1. The van der Waals surface area contributed by atoms with Gasteiger partial charge in [0.25, 0.3) is 0 Å². The molecule has 1 saturated carbocycles. The first-order valence-electron chi connectivity index (χ1n) is 5.02. The summed E-state index contributed by atoms with van der Waals surface area (Å²) < 4.78 is 5.16. The SMILES string of the molecule is COc1cccc(Cl)c1C(=O)C1CC1C. The molecule has 2 atom stereocenters. The molecule has 0 saturated heterocycles. The molecule has 80 valence electrons. The lowest BCUT2D eigenvalue weighted by Gasteiger charge is -2.08. The largest absolute Gasteiger partial charge is 0.496 e. The van der Waals surface area contributed by atoms with Crippen LogP contribution in [0.1, 0.15) is 23.7 Å². The van der Waals surface area contributed by atoms with Gasteiger partial charge in [0, 0.05) is 5.92 Å². The van der Waals surface area contributed by atoms with Crippen molar-refractivity contribution in [2.24, 2.45) is 11.8 Å². The van der Waals surface area contributed by atoms with Gasteiger partial charge in [-0.2, -0.15) is 0 Å². The Hall–Kier alpha value is -1.02. The van der Waals surface area contributed by atoms with Gasteiger partial charge in [0.1, 0.15) is 5.75 Å². The van der Waals surface area contributed by atoms with Gasteiger partial charge in [0.05, 0.1) is 17.7 Å². The van der Waals surface area contributed by atoms with E-state index in [0.29, 0.717) is 22.3 Å². The first-order valence-corrected chi connectivity index (χ1v) is 5.39. The van der Waals surface area contributed by atoms with Crippen molar-refractivity contribution in [3.63, 3.8) is 0 Å². The molecular weight excluding hydrogens is 212 g/mol. The minimum atomic E-state index is 0.116. The predicted octanol–water partition coefficient (Wildman–Crippen LogP) is 3.19. The van der Waals surface area contributed by atoms with E-state index in [9.17, 15) is 4.79 Å². The molecule has 0 aromatic heterocycles. The Morgan fingerprint density at radius 1 is 1.53 bits per heavy atom. The van der Waals surface area contributed by atoms with Gasteiger partial charge in [0.2, 0.25) is 0 Å². The molecule has 0 bridgehead atoms. The van der Waals surface area contributed by atoms with Gasteiger partial charge in [-0.15, -0.1) is 0 Å². The summed E-state index contributed by atoms with van der Waals surface area (Å²) in [5, 5.41) is 0.485. The van der Waals surface area contributed by atoms with Crippen LogP contribution in [0, 0.1) is 11.8 Å². The third-order valence-corrected chi connectivity index (χ3v) is 3.20. The second-order valence-electron chi connectivity index (χ2n) is 4.00. The average molecular weight is 225 g/mol. The molecule has 2 unspecified atom stereocenters. The fourth-order valence-electron chi connectivity index (χ4n) is 1.79. The molecule has 2 nitrogen and oxygen atoms in total. The van der Waals surface area contributed by atoms with Crippen molar-refractivity contribution < 1.29 is 9.53 Å². The Balaban J connectivity index is 2.37. The summed E-state index contributed by atoms with van der Waals surface area (Å²) in [5.74, 6) is 1.31. The molecule has 3 heteroatoms. The molecule has 0 spiro atoms. The number of ether oxygens (including phenoxy) is 1. The quantitative estimate of drug-likeness (QED) is 0.738. The van der Waals surface area contributed by atoms with E-state index in [2.05, 4.69) is 6.92 Å². The Kier molecular flexibility index (Phi) is 2.70. The van der Waals surface area contributed by atoms with Gasteiger partial charge in [0.15, 0.2) is 5.78 Å². The number of hydrogen-bond acceptors (Lipinski definition) is 2. The van der Waals surface area contributed by atoms with Gasteiger partial charge >= 0.3 is 0 Å². The third-order valence-electron chi connectivity index (χ3n) is 2.89. The van der Waals surface area contributed by atoms with Crippen LogP contribution in [0.15, 0.2) is 18.2 Å². The minimum Gasteiger partial charge on any atom is -0.496 e. The smallest absolute Gasteiger partial charge is 0.171 e. The number of rotatable bonds is 3. The monoisotopic (exact) mass is 224 g/mol. The summed E-state index contributed by atoms with van der Waals surface area (Å²) in [5.41, 5.74) is 0.538. The van der Waals surface area contributed by atoms with Gasteiger partial charge in [-0.3, -0.25) is 4.79 Å². The Bertz CT molecular complexity index is 401. The minimum absolute atomic E-state index is 0.116. The van der Waals surface area contributed by atoms with E-state index in [1.807, 2.05) is 0 Å². The number of hydrogen-bond donors (Lipinski definition) is 0. The van der Waals surface area contributed by atoms with Crippen LogP contribution in [-0.4, -0.2) is 12.9 Å². The second kappa shape index (κ2) is 3.86. The van der Waals surface area contributed by atoms with Crippen molar-refractivity contribution >= 4 is 17.4 Å². The van der Waals surface area contributed by atoms with Crippen LogP contribution in [0.3, 0.4) is 0 Å². The lowest BCUT2D eigenvalue weighted by Crippen LogP contribution is -2.06. The highest BCUT2D eigenvalue weighted by molar-refractivity contribution is 6.34. The summed E-state index contributed by atoms with van der Waals surface area (Å²) in [6.45, 7) is 2.08. The third kappa shape index (κ3) is 1.86. The Morgan fingerprint density at radius 2 is 2.20 bits per heavy atom. The molecule has 0 N–H and O–H groups in total. The topological polar surface area (TPSA) is 26.3 Å². The highest BCUT2D eigenvalue weighted by atomic mass is 35.5. The fraction of sp³-hybridized carbons (Fsp3) is 0.417. The lowest BCUT2D eigenvalue weighted by atomic mass is 10.0. The van der Waals surface area contributed by atoms with Crippen LogP contribution in [-0.2, 0) is 0 Å². The fourth-order valence-corrected chi connectivity index (χ4v) is 2.05. The molecule has 15 heavy (non-hydrogen) atoms. The molecule has 1 aromatic rings. The van der Waals surface area contributed by atoms with Gasteiger partial charge in [-0.05, 0) is 24.5 Å². The molecule has 1 fully saturated rings. The van der Waals surface area contributed by atoms with E-state index >= 15 is 0 Å². The zero-order valence-electron chi connectivity index (χ0n) is 8.79. The molecule has 1 aliphatic rings. The molecule has 0 heterocycles. The molecule has 0 amide bonds. The average Bonchev–Trinajstić information content (AvgIpc) is 2.94. The first-order chi connectivity index (χ1) is 7.15. The number of ketones is 1. The van der Waals surface area contributed by atoms with E-state index in [-0.39, 0.29) is 11.7 Å². The summed E-state index contributed by atoms with van der Waals surface area (Å²) in [6, 6.07) is 5.28. The van der Waals surface area contributed by atoms with Crippen LogP contribution in [0.5, 0.6) is 5.75 Å². The lowest BCUT2D eigenvalue weighted by molar-refractivity contribution is 0.0959. The van der Waals surface area contributed by atoms with E-state index in [0.717, 1.165) is 6.42 Å². The van der Waals surface area contributed by atoms with E-state index in [4.69, 9.17) is 16.3 Å². The van der Waals surface area contributed by atoms with Crippen molar-refractivity contribution in [1.82, 2.24) is 0 Å². The van der Waals surface area contributed by atoms with Crippen molar-refractivity contribution in [3.8, 4) is 5.75 Å². The van der Waals surface area contributed by atoms with E-state index < -0.39 is 0 Å². The Morgan fingerprint density at radius 3 is 2.73 bits per heavy atom. The number of methoxy groups -OCH3 is 1. The van der Waals surface area contributed by atoms with Crippen LogP contribution in [0.25, 0.3) is 0 Å². The maximum absolute atomic E-state index is 12.1. The van der Waals surface area contributed by atoms with E-state index in [1.165, 1.54) is 0 Å². The standard InChI is InChI=1S/C12H13ClO2/c1-7-6-8(7)12(14)11-9(13)4-3-5-10(11)15-2/h3-5,7-8H,6H2,1-2H3. The number of carbonyl (C=O) groups is 1. The normalized spacial score (nSPS) is 23.7. The first kappa shape index (κ1) is 10.5. The highest BCUT2D eigenvalue weighted by Crippen LogP contribution is 2.43. The van der Waals surface area contributed by atoms with Crippen molar-refractivity contribution in [1.29, 1.82) is 0 Å². The van der Waals surface area contributed by atoms with Crippen LogP contribution in [0.2, 0.25) is 5.02 Å². The summed E-state index contributed by atoms with van der Waals surface area (Å²) in [6.07, 6.45) is 0.965. The van der Waals surface area contributed by atoms with E-state index in [1.54, 1.807) is 25.3 Å². The predicted molar refractivity (Wildman–Crippen MR) is 59.6 cm³/mol. The van der Waals surface area contributed by atoms with Crippen molar-refractivity contribution in [3.05, 3.63) is 28.8 Å². The molecule has 1 aliphatic carbocycles. The van der Waals surface area contributed by atoms with Crippen LogP contribution in [0.4, 0.5) is 0 Å². The second-order valence-corrected chi connectivity index (χ2v) is 4.41. The Labute approximate surface area is 94.2 Å².